The van der Waals surface area contributed by atoms with Gasteiger partial charge in [0, 0.05) is 6.20 Å². The second-order valence-electron chi connectivity index (χ2n) is 6.15. The van der Waals surface area contributed by atoms with Crippen molar-refractivity contribution in [1.82, 2.24) is 4.90 Å². The molecule has 0 fully saturated rings. The van der Waals surface area contributed by atoms with Crippen LogP contribution >= 0.6 is 11.8 Å². The molecule has 1 unspecified atom stereocenters. The molecule has 0 saturated carbocycles. The first-order valence-corrected chi connectivity index (χ1v) is 9.09. The van der Waals surface area contributed by atoms with Crippen molar-refractivity contribution in [2.24, 2.45) is 4.99 Å². The second kappa shape index (κ2) is 6.85. The van der Waals surface area contributed by atoms with Crippen molar-refractivity contribution in [2.75, 3.05) is 6.61 Å². The Bertz CT molecular complexity index is 732. The Morgan fingerprint density at radius 1 is 1.33 bits per heavy atom. The number of rotatable bonds is 4. The van der Waals surface area contributed by atoms with E-state index in [1.807, 2.05) is 30.4 Å². The number of hydrogen-bond donors (Lipinski definition) is 0. The summed E-state index contributed by atoms with van der Waals surface area (Å²) in [6, 6.07) is 8.29. The average molecular weight is 342 g/mol. The zero-order valence-electron chi connectivity index (χ0n) is 14.4. The highest BCUT2D eigenvalue weighted by Crippen LogP contribution is 2.41. The number of esters is 1. The molecular formula is C19H22N2O2S. The fourth-order valence-electron chi connectivity index (χ4n) is 2.96. The monoisotopic (exact) mass is 342 g/mol. The van der Waals surface area contributed by atoms with Crippen LogP contribution < -0.4 is 0 Å². The number of allylic oxidation sites excluding steroid dienone is 1. The van der Waals surface area contributed by atoms with Crippen molar-refractivity contribution in [1.29, 1.82) is 0 Å². The molecule has 2 heterocycles. The molecule has 1 aromatic rings. The molecule has 0 aromatic heterocycles. The lowest BCUT2D eigenvalue weighted by Gasteiger charge is -2.33. The van der Waals surface area contributed by atoms with Crippen molar-refractivity contribution in [2.45, 2.75) is 39.7 Å². The zero-order chi connectivity index (χ0) is 17.3. The van der Waals surface area contributed by atoms with Crippen LogP contribution in [0.25, 0.3) is 0 Å². The van der Waals surface area contributed by atoms with Crippen molar-refractivity contribution in [3.8, 4) is 0 Å². The maximum absolute atomic E-state index is 12.5. The summed E-state index contributed by atoms with van der Waals surface area (Å²) in [5.41, 5.74) is 3.70. The van der Waals surface area contributed by atoms with Crippen LogP contribution in [0, 0.1) is 0 Å². The van der Waals surface area contributed by atoms with Crippen LogP contribution in [-0.4, -0.2) is 22.6 Å². The van der Waals surface area contributed by atoms with Gasteiger partial charge in [-0.25, -0.2) is 9.79 Å². The molecular weight excluding hydrogens is 320 g/mol. The Labute approximate surface area is 147 Å². The van der Waals surface area contributed by atoms with Gasteiger partial charge in [-0.15, -0.1) is 0 Å². The molecule has 0 amide bonds. The standard InChI is InChI=1S/C19H22N2O2S/c1-5-23-18(22)16-13(4)20-19-21(10-11-24-19)17(16)15-8-6-14(7-9-15)12(2)3/h6-12,17H,5H2,1-4H3. The van der Waals surface area contributed by atoms with Gasteiger partial charge in [-0.05, 0) is 36.3 Å². The van der Waals surface area contributed by atoms with E-state index in [0.717, 1.165) is 16.4 Å². The number of nitrogens with zero attached hydrogens (tertiary/aromatic N) is 2. The molecule has 0 spiro atoms. The molecule has 1 atom stereocenters. The van der Waals surface area contributed by atoms with Crippen LogP contribution in [0.4, 0.5) is 0 Å². The van der Waals surface area contributed by atoms with Crippen LogP contribution in [-0.2, 0) is 9.53 Å². The first-order chi connectivity index (χ1) is 11.5. The van der Waals surface area contributed by atoms with Gasteiger partial charge in [0.1, 0.15) is 0 Å². The molecule has 0 aliphatic carbocycles. The van der Waals surface area contributed by atoms with Crippen molar-refractivity contribution < 1.29 is 9.53 Å². The average Bonchev–Trinajstić information content (AvgIpc) is 3.01. The lowest BCUT2D eigenvalue weighted by Crippen LogP contribution is -2.34. The fourth-order valence-corrected chi connectivity index (χ4v) is 3.75. The summed E-state index contributed by atoms with van der Waals surface area (Å²) in [7, 11) is 0. The maximum atomic E-state index is 12.5. The Hall–Kier alpha value is -2.01. The van der Waals surface area contributed by atoms with Gasteiger partial charge in [0.15, 0.2) is 5.17 Å². The summed E-state index contributed by atoms with van der Waals surface area (Å²) in [4.78, 5) is 19.2. The highest BCUT2D eigenvalue weighted by atomic mass is 32.2. The molecule has 1 aromatic carbocycles. The van der Waals surface area contributed by atoms with Gasteiger partial charge >= 0.3 is 5.97 Å². The predicted octanol–water partition coefficient (Wildman–Crippen LogP) is 4.58. The number of aliphatic imine (C=N–C) groups is 1. The minimum Gasteiger partial charge on any atom is -0.463 e. The topological polar surface area (TPSA) is 41.9 Å². The number of hydrogen-bond acceptors (Lipinski definition) is 5. The van der Waals surface area contributed by atoms with Crippen LogP contribution in [0.5, 0.6) is 0 Å². The van der Waals surface area contributed by atoms with Crippen molar-refractivity contribution in [3.63, 3.8) is 0 Å². The number of amidine groups is 1. The molecule has 0 radical (unpaired) electrons. The molecule has 5 heteroatoms. The third-order valence-electron chi connectivity index (χ3n) is 4.23. The minimum atomic E-state index is -0.291. The number of ether oxygens (including phenoxy) is 1. The highest BCUT2D eigenvalue weighted by molar-refractivity contribution is 8.16. The Balaban J connectivity index is 2.05. The molecule has 126 valence electrons. The minimum absolute atomic E-state index is 0.191. The SMILES string of the molecule is CCOC(=O)C1=C(C)N=C2SC=CN2C1c1ccc(C(C)C)cc1. The zero-order valence-corrected chi connectivity index (χ0v) is 15.3. The van der Waals surface area contributed by atoms with Gasteiger partial charge < -0.3 is 9.64 Å². The van der Waals surface area contributed by atoms with Gasteiger partial charge in [0.05, 0.1) is 23.9 Å². The smallest absolute Gasteiger partial charge is 0.338 e. The number of fused-ring (bicyclic) bond motifs is 1. The third-order valence-corrected chi connectivity index (χ3v) is 5.01. The Morgan fingerprint density at radius 3 is 2.67 bits per heavy atom. The number of benzene rings is 1. The number of carbonyl (C=O) groups excluding carboxylic acids is 1. The number of thioether (sulfide) groups is 1. The van der Waals surface area contributed by atoms with Crippen molar-refractivity contribution >= 4 is 22.9 Å². The maximum Gasteiger partial charge on any atom is 0.338 e. The summed E-state index contributed by atoms with van der Waals surface area (Å²) in [6.45, 7) is 8.41. The summed E-state index contributed by atoms with van der Waals surface area (Å²) >= 11 is 1.57. The van der Waals surface area contributed by atoms with Gasteiger partial charge in [-0.2, -0.15) is 0 Å². The largest absolute Gasteiger partial charge is 0.463 e. The Morgan fingerprint density at radius 2 is 2.04 bits per heavy atom. The van der Waals surface area contributed by atoms with E-state index in [1.165, 1.54) is 5.56 Å². The van der Waals surface area contributed by atoms with E-state index >= 15 is 0 Å². The summed E-state index contributed by atoms with van der Waals surface area (Å²) in [5.74, 6) is 0.188. The molecule has 3 rings (SSSR count). The fraction of sp³-hybridized carbons (Fsp3) is 0.368. The first kappa shape index (κ1) is 16.8. The van der Waals surface area contributed by atoms with E-state index in [9.17, 15) is 4.79 Å². The van der Waals surface area contributed by atoms with E-state index in [1.54, 1.807) is 11.8 Å². The summed E-state index contributed by atoms with van der Waals surface area (Å²) < 4.78 is 5.29. The molecule has 4 nitrogen and oxygen atoms in total. The molecule has 0 N–H and O–H groups in total. The van der Waals surface area contributed by atoms with Gasteiger partial charge in [-0.1, -0.05) is 49.9 Å². The van der Waals surface area contributed by atoms with Gasteiger partial charge in [-0.3, -0.25) is 0 Å². The highest BCUT2D eigenvalue weighted by Gasteiger charge is 2.37. The number of carbonyl (C=O) groups is 1. The normalized spacial score (nSPS) is 19.6. The second-order valence-corrected chi connectivity index (χ2v) is 7.02. The Kier molecular flexibility index (Phi) is 4.81. The van der Waals surface area contributed by atoms with E-state index in [0.29, 0.717) is 18.1 Å². The van der Waals surface area contributed by atoms with E-state index in [4.69, 9.17) is 4.74 Å². The van der Waals surface area contributed by atoms with Crippen molar-refractivity contribution in [3.05, 3.63) is 58.3 Å². The van der Waals surface area contributed by atoms with Gasteiger partial charge in [0.25, 0.3) is 0 Å². The first-order valence-electron chi connectivity index (χ1n) is 8.21. The van der Waals surface area contributed by atoms with E-state index < -0.39 is 0 Å². The molecule has 2 aliphatic heterocycles. The van der Waals surface area contributed by atoms with Crippen LogP contribution in [0.2, 0.25) is 0 Å². The van der Waals surface area contributed by atoms with Crippen LogP contribution in [0.1, 0.15) is 50.8 Å². The lowest BCUT2D eigenvalue weighted by molar-refractivity contribution is -0.139. The molecule has 2 aliphatic rings. The summed E-state index contributed by atoms with van der Waals surface area (Å²) in [6.07, 6.45) is 1.98. The molecule has 0 bridgehead atoms. The van der Waals surface area contributed by atoms with E-state index in [2.05, 4.69) is 43.1 Å². The predicted molar refractivity (Wildman–Crippen MR) is 98.6 cm³/mol. The van der Waals surface area contributed by atoms with Gasteiger partial charge in [0.2, 0.25) is 0 Å². The van der Waals surface area contributed by atoms with Crippen LogP contribution in [0.3, 0.4) is 0 Å². The molecule has 24 heavy (non-hydrogen) atoms. The quantitative estimate of drug-likeness (QED) is 0.751. The van der Waals surface area contributed by atoms with E-state index in [-0.39, 0.29) is 12.0 Å². The lowest BCUT2D eigenvalue weighted by atomic mass is 9.92. The molecule has 0 saturated heterocycles. The third kappa shape index (κ3) is 3.00. The van der Waals surface area contributed by atoms with Crippen LogP contribution in [0.15, 0.2) is 52.1 Å². The summed E-state index contributed by atoms with van der Waals surface area (Å²) in [5, 5.41) is 2.90.